The van der Waals surface area contributed by atoms with Gasteiger partial charge in [-0.1, -0.05) is 35.9 Å². The first-order chi connectivity index (χ1) is 25.8. The molecule has 1 saturated carbocycles. The SMILES string of the molecule is COCOc1cc(-c2c(Cl)cc3c(N4CC5CCC(C4)N5C(=O)OC(C)(C)C)nc(OC[C@@]45C[C@@H](F)CN4CC4(CC4)C5)nc3c2F)c2ccccc2c1. The third-order valence-electron chi connectivity index (χ3n) is 12.0. The van der Waals surface area contributed by atoms with E-state index in [0.717, 1.165) is 49.4 Å². The molecule has 5 fully saturated rings. The summed E-state index contributed by atoms with van der Waals surface area (Å²) in [5.41, 5.74) is -0.0275. The highest BCUT2D eigenvalue weighted by Gasteiger charge is 2.62. The predicted octanol–water partition coefficient (Wildman–Crippen LogP) is 8.16. The van der Waals surface area contributed by atoms with Crippen molar-refractivity contribution in [3.8, 4) is 22.9 Å². The Bertz CT molecular complexity index is 2130. The van der Waals surface area contributed by atoms with Crippen molar-refractivity contribution >= 4 is 45.2 Å². The van der Waals surface area contributed by atoms with Gasteiger partial charge in [-0.15, -0.1) is 0 Å². The van der Waals surface area contributed by atoms with Crippen molar-refractivity contribution in [2.75, 3.05) is 51.6 Å². The normalized spacial score (nSPS) is 25.9. The van der Waals surface area contributed by atoms with Crippen LogP contribution < -0.4 is 14.4 Å². The Balaban J connectivity index is 1.14. The number of anilines is 1. The van der Waals surface area contributed by atoms with Crippen molar-refractivity contribution in [1.82, 2.24) is 19.8 Å². The Morgan fingerprint density at radius 2 is 1.78 bits per heavy atom. The number of fused-ring (bicyclic) bond motifs is 5. The summed E-state index contributed by atoms with van der Waals surface area (Å²) in [6, 6.07) is 12.8. The summed E-state index contributed by atoms with van der Waals surface area (Å²) in [7, 11) is 1.54. The van der Waals surface area contributed by atoms with Crippen LogP contribution in [0.1, 0.15) is 59.3 Å². The van der Waals surface area contributed by atoms with Gasteiger partial charge in [0.1, 0.15) is 35.5 Å². The average Bonchev–Trinajstić information content (AvgIpc) is 3.61. The molecule has 1 spiro atoms. The van der Waals surface area contributed by atoms with Crippen LogP contribution in [0.15, 0.2) is 42.5 Å². The van der Waals surface area contributed by atoms with E-state index in [1.807, 2.05) is 56.0 Å². The highest BCUT2D eigenvalue weighted by Crippen LogP contribution is 2.61. The molecular formula is C41H46ClF2N5O5. The first kappa shape index (κ1) is 35.7. The van der Waals surface area contributed by atoms with Crippen LogP contribution in [0, 0.1) is 11.2 Å². The molecule has 1 aromatic heterocycles. The molecule has 54 heavy (non-hydrogen) atoms. The minimum atomic E-state index is -0.921. The summed E-state index contributed by atoms with van der Waals surface area (Å²) in [6.07, 6.45) is 3.94. The van der Waals surface area contributed by atoms with Crippen molar-refractivity contribution < 1.29 is 32.5 Å². The maximum absolute atomic E-state index is 17.4. The molecule has 2 unspecified atom stereocenters. The summed E-state index contributed by atoms with van der Waals surface area (Å²) in [6.45, 7) is 8.04. The van der Waals surface area contributed by atoms with Gasteiger partial charge in [-0.2, -0.15) is 9.97 Å². The maximum atomic E-state index is 17.4. The van der Waals surface area contributed by atoms with Crippen molar-refractivity contribution in [3.05, 3.63) is 53.3 Å². The van der Waals surface area contributed by atoms with Gasteiger partial charge in [0, 0.05) is 50.7 Å². The highest BCUT2D eigenvalue weighted by atomic mass is 35.5. The number of nitrogens with zero attached hydrogens (tertiary/aromatic N) is 5. The van der Waals surface area contributed by atoms with Crippen LogP contribution in [0.5, 0.6) is 11.8 Å². The van der Waals surface area contributed by atoms with E-state index in [2.05, 4.69) is 9.80 Å². The second-order valence-corrected chi connectivity index (χ2v) is 17.5. The fourth-order valence-electron chi connectivity index (χ4n) is 9.63. The van der Waals surface area contributed by atoms with Gasteiger partial charge in [0.15, 0.2) is 12.6 Å². The second-order valence-electron chi connectivity index (χ2n) is 17.1. The Hall–Kier alpha value is -4.00. The average molecular weight is 762 g/mol. The number of hydrogen-bond donors (Lipinski definition) is 0. The standard InChI is InChI=1S/C41H46ClF2N5O5/c1-39(2,3)54-38(50)49-26-9-10-27(49)19-47(18-26)36-31-15-32(42)33(30-14-28(53-23-51-4)13-24-7-5-6-8-29(24)30)34(44)35(31)45-37(46-36)52-22-41-16-25(43)17-48(41)21-40(20-41)11-12-40/h5-8,13-15,25-27H,9-12,16-23H2,1-4H3/t25-,26?,27?,41+/m1/s1. The molecule has 9 rings (SSSR count). The van der Waals surface area contributed by atoms with Gasteiger partial charge in [0.25, 0.3) is 0 Å². The lowest BCUT2D eigenvalue weighted by molar-refractivity contribution is 0.0122. The predicted molar refractivity (Wildman–Crippen MR) is 203 cm³/mol. The molecule has 4 aliphatic heterocycles. The van der Waals surface area contributed by atoms with Gasteiger partial charge in [0.2, 0.25) is 0 Å². The highest BCUT2D eigenvalue weighted by molar-refractivity contribution is 6.35. The second kappa shape index (κ2) is 13.1. The Kier molecular flexibility index (Phi) is 8.63. The molecule has 2 bridgehead atoms. The molecule has 4 saturated heterocycles. The molecule has 5 aliphatic rings. The van der Waals surface area contributed by atoms with E-state index in [9.17, 15) is 9.18 Å². The minimum absolute atomic E-state index is 0.0232. The van der Waals surface area contributed by atoms with E-state index in [1.54, 1.807) is 12.1 Å². The van der Waals surface area contributed by atoms with Crippen molar-refractivity contribution in [3.63, 3.8) is 0 Å². The van der Waals surface area contributed by atoms with Crippen LogP contribution in [-0.4, -0.2) is 102 Å². The smallest absolute Gasteiger partial charge is 0.410 e. The molecule has 1 amide bonds. The summed E-state index contributed by atoms with van der Waals surface area (Å²) in [5, 5.41) is 2.27. The van der Waals surface area contributed by atoms with Gasteiger partial charge >= 0.3 is 12.1 Å². The van der Waals surface area contributed by atoms with Gasteiger partial charge < -0.3 is 23.8 Å². The first-order valence-corrected chi connectivity index (χ1v) is 19.3. The lowest BCUT2D eigenvalue weighted by Crippen LogP contribution is -2.57. The Morgan fingerprint density at radius 1 is 1.02 bits per heavy atom. The molecule has 0 N–H and O–H groups in total. The Labute approximate surface area is 318 Å². The van der Waals surface area contributed by atoms with Gasteiger partial charge in [-0.05, 0) is 92.8 Å². The first-order valence-electron chi connectivity index (χ1n) is 19.0. The monoisotopic (exact) mass is 761 g/mol. The molecule has 0 radical (unpaired) electrons. The summed E-state index contributed by atoms with van der Waals surface area (Å²) < 4.78 is 55.6. The molecule has 10 nitrogen and oxygen atoms in total. The van der Waals surface area contributed by atoms with Crippen LogP contribution in [0.2, 0.25) is 5.02 Å². The molecule has 286 valence electrons. The van der Waals surface area contributed by atoms with Gasteiger partial charge in [0.05, 0.1) is 22.6 Å². The number of rotatable bonds is 8. The summed E-state index contributed by atoms with van der Waals surface area (Å²) in [5.74, 6) is 0.375. The van der Waals surface area contributed by atoms with E-state index in [-0.39, 0.29) is 59.1 Å². The number of carbonyl (C=O) groups excluding carboxylic acids is 1. The zero-order chi connectivity index (χ0) is 37.6. The number of alkyl halides is 1. The van der Waals surface area contributed by atoms with Crippen LogP contribution in [0.3, 0.4) is 0 Å². The molecule has 5 heterocycles. The fourth-order valence-corrected chi connectivity index (χ4v) is 9.92. The quantitative estimate of drug-likeness (QED) is 0.165. The molecule has 3 aromatic carbocycles. The van der Waals surface area contributed by atoms with E-state index in [4.69, 9.17) is 40.5 Å². The minimum Gasteiger partial charge on any atom is -0.468 e. The van der Waals surface area contributed by atoms with Crippen molar-refractivity contribution in [2.24, 2.45) is 5.41 Å². The molecule has 1 aliphatic carbocycles. The number of piperazine rings is 1. The fraction of sp³-hybridized carbons (Fsp3) is 0.537. The van der Waals surface area contributed by atoms with E-state index in [0.29, 0.717) is 48.6 Å². The van der Waals surface area contributed by atoms with Crippen LogP contribution >= 0.6 is 11.6 Å². The number of methoxy groups -OCH3 is 1. The largest absolute Gasteiger partial charge is 0.468 e. The van der Waals surface area contributed by atoms with Crippen molar-refractivity contribution in [1.29, 1.82) is 0 Å². The summed E-state index contributed by atoms with van der Waals surface area (Å²) in [4.78, 5) is 29.2. The number of halogens is 3. The lowest BCUT2D eigenvalue weighted by Gasteiger charge is -2.42. The molecular weight excluding hydrogens is 716 g/mol. The van der Waals surface area contributed by atoms with Crippen LogP contribution in [0.4, 0.5) is 19.4 Å². The zero-order valence-corrected chi connectivity index (χ0v) is 31.9. The molecule has 4 atom stereocenters. The number of hydrogen-bond acceptors (Lipinski definition) is 9. The topological polar surface area (TPSA) is 89.5 Å². The van der Waals surface area contributed by atoms with Gasteiger partial charge in [-0.3, -0.25) is 9.80 Å². The van der Waals surface area contributed by atoms with Crippen LogP contribution in [0.25, 0.3) is 32.8 Å². The zero-order valence-electron chi connectivity index (χ0n) is 31.2. The lowest BCUT2D eigenvalue weighted by atomic mass is 9.89. The van der Waals surface area contributed by atoms with Crippen LogP contribution in [-0.2, 0) is 9.47 Å². The molecule has 4 aromatic rings. The van der Waals surface area contributed by atoms with Crippen molar-refractivity contribution in [2.45, 2.75) is 88.7 Å². The Morgan fingerprint density at radius 3 is 2.50 bits per heavy atom. The number of carbonyl (C=O) groups is 1. The molecule has 13 heteroatoms. The number of benzene rings is 3. The summed E-state index contributed by atoms with van der Waals surface area (Å²) >= 11 is 7.08. The third-order valence-corrected chi connectivity index (χ3v) is 12.3. The van der Waals surface area contributed by atoms with E-state index in [1.165, 1.54) is 7.11 Å². The number of ether oxygens (including phenoxy) is 4. The van der Waals surface area contributed by atoms with E-state index >= 15 is 4.39 Å². The number of amides is 1. The van der Waals surface area contributed by atoms with Gasteiger partial charge in [-0.25, -0.2) is 13.6 Å². The number of aromatic nitrogens is 2. The van der Waals surface area contributed by atoms with E-state index < -0.39 is 23.1 Å². The maximum Gasteiger partial charge on any atom is 0.410 e. The third kappa shape index (κ3) is 6.27.